The lowest BCUT2D eigenvalue weighted by Crippen LogP contribution is -2.34. The third kappa shape index (κ3) is 4.48. The van der Waals surface area contributed by atoms with Crippen LogP contribution in [0, 0.1) is 0 Å². The minimum Gasteiger partial charge on any atom is -0.372 e. The average Bonchev–Trinajstić information content (AvgIpc) is 2.67. The molecule has 2 aliphatic rings. The zero-order valence-electron chi connectivity index (χ0n) is 14.5. The molecule has 1 aliphatic carbocycles. The number of hydrogen-bond acceptors (Lipinski definition) is 4. The smallest absolute Gasteiger partial charge is 0.274 e. The predicted molar refractivity (Wildman–Crippen MR) is 93.9 cm³/mol. The summed E-state index contributed by atoms with van der Waals surface area (Å²) in [6.45, 7) is 0.697. The van der Waals surface area contributed by atoms with E-state index in [4.69, 9.17) is 9.57 Å². The number of ether oxygens (including phenoxy) is 1. The van der Waals surface area contributed by atoms with Gasteiger partial charge in [0, 0.05) is 37.4 Å². The van der Waals surface area contributed by atoms with Crippen molar-refractivity contribution in [2.45, 2.75) is 63.7 Å². The molecule has 1 aliphatic heterocycles. The molecule has 1 aromatic carbocycles. The summed E-state index contributed by atoms with van der Waals surface area (Å²) in [7, 11) is 2.15. The van der Waals surface area contributed by atoms with Gasteiger partial charge in [0.25, 0.3) is 5.91 Å². The molecule has 0 unspecified atom stereocenters. The lowest BCUT2D eigenvalue weighted by molar-refractivity contribution is -0.186. The molecular weight excluding hydrogens is 304 g/mol. The molecule has 1 saturated heterocycles. The number of anilines is 1. The summed E-state index contributed by atoms with van der Waals surface area (Å²) in [5, 5.41) is 0. The molecule has 1 N–H and O–H groups in total. The fourth-order valence-electron chi connectivity index (χ4n) is 3.51. The van der Waals surface area contributed by atoms with Crippen molar-refractivity contribution < 1.29 is 14.4 Å². The SMILES string of the molecule is CN(c1ccc(C(=O)NO[C@@H]2CCCCO2)cc1)C1CCCCC1. The van der Waals surface area contributed by atoms with Gasteiger partial charge in [0.15, 0.2) is 6.29 Å². The van der Waals surface area contributed by atoms with Gasteiger partial charge in [0.1, 0.15) is 0 Å². The molecule has 2 fully saturated rings. The Kier molecular flexibility index (Phi) is 6.10. The van der Waals surface area contributed by atoms with Crippen molar-refractivity contribution in [1.82, 2.24) is 5.48 Å². The van der Waals surface area contributed by atoms with Gasteiger partial charge in [-0.05, 0) is 49.9 Å². The van der Waals surface area contributed by atoms with E-state index < -0.39 is 0 Å². The molecule has 1 heterocycles. The van der Waals surface area contributed by atoms with Crippen molar-refractivity contribution in [2.75, 3.05) is 18.6 Å². The van der Waals surface area contributed by atoms with Crippen LogP contribution in [0.3, 0.4) is 0 Å². The second-order valence-corrected chi connectivity index (χ2v) is 6.79. The summed E-state index contributed by atoms with van der Waals surface area (Å²) in [5.74, 6) is -0.226. The van der Waals surface area contributed by atoms with Crippen molar-refractivity contribution in [2.24, 2.45) is 0 Å². The first-order chi connectivity index (χ1) is 11.7. The van der Waals surface area contributed by atoms with Crippen molar-refractivity contribution in [3.63, 3.8) is 0 Å². The molecule has 1 amide bonds. The van der Waals surface area contributed by atoms with Crippen LogP contribution >= 0.6 is 0 Å². The molecule has 0 radical (unpaired) electrons. The minimum absolute atomic E-state index is 0.226. The number of nitrogens with zero attached hydrogens (tertiary/aromatic N) is 1. The van der Waals surface area contributed by atoms with Crippen LogP contribution in [0.5, 0.6) is 0 Å². The molecule has 1 aromatic rings. The van der Waals surface area contributed by atoms with E-state index in [2.05, 4.69) is 17.4 Å². The van der Waals surface area contributed by atoms with Crippen molar-refractivity contribution in [1.29, 1.82) is 0 Å². The predicted octanol–water partition coefficient (Wildman–Crippen LogP) is 3.64. The lowest BCUT2D eigenvalue weighted by atomic mass is 9.94. The van der Waals surface area contributed by atoms with Gasteiger partial charge in [0.2, 0.25) is 0 Å². The van der Waals surface area contributed by atoms with Crippen LogP contribution in [0.4, 0.5) is 5.69 Å². The molecular formula is C19H28N2O3. The zero-order valence-corrected chi connectivity index (χ0v) is 14.5. The van der Waals surface area contributed by atoms with Gasteiger partial charge in [-0.1, -0.05) is 19.3 Å². The molecule has 3 rings (SSSR count). The molecule has 1 saturated carbocycles. The van der Waals surface area contributed by atoms with E-state index in [0.29, 0.717) is 18.2 Å². The molecule has 5 nitrogen and oxygen atoms in total. The van der Waals surface area contributed by atoms with Crippen molar-refractivity contribution >= 4 is 11.6 Å². The normalized spacial score (nSPS) is 22.1. The summed E-state index contributed by atoms with van der Waals surface area (Å²) in [4.78, 5) is 19.8. The zero-order chi connectivity index (χ0) is 16.8. The standard InChI is InChI=1S/C19H28N2O3/c1-21(16-7-3-2-4-8-16)17-12-10-15(11-13-17)19(22)20-24-18-9-5-6-14-23-18/h10-13,16,18H,2-9,14H2,1H3,(H,20,22)/t18-/m1/s1. The van der Waals surface area contributed by atoms with Crippen LogP contribution in [0.25, 0.3) is 0 Å². The Labute approximate surface area is 144 Å². The fraction of sp³-hybridized carbons (Fsp3) is 0.632. The van der Waals surface area contributed by atoms with Gasteiger partial charge in [0.05, 0.1) is 0 Å². The van der Waals surface area contributed by atoms with E-state index in [1.54, 1.807) is 0 Å². The highest BCUT2D eigenvalue weighted by Crippen LogP contribution is 2.26. The molecule has 1 atom stereocenters. The molecule has 132 valence electrons. The number of benzene rings is 1. The molecule has 0 aromatic heterocycles. The van der Waals surface area contributed by atoms with Gasteiger partial charge >= 0.3 is 0 Å². The summed E-state index contributed by atoms with van der Waals surface area (Å²) < 4.78 is 5.44. The number of nitrogens with one attached hydrogen (secondary N) is 1. The summed E-state index contributed by atoms with van der Waals surface area (Å²) in [6, 6.07) is 8.36. The highest BCUT2D eigenvalue weighted by atomic mass is 16.8. The number of hydrogen-bond donors (Lipinski definition) is 1. The monoisotopic (exact) mass is 332 g/mol. The molecule has 0 spiro atoms. The maximum Gasteiger partial charge on any atom is 0.274 e. The van der Waals surface area contributed by atoms with Gasteiger partial charge in [-0.15, -0.1) is 0 Å². The van der Waals surface area contributed by atoms with Crippen LogP contribution in [-0.4, -0.2) is 31.9 Å². The Balaban J connectivity index is 1.52. The summed E-state index contributed by atoms with van der Waals surface area (Å²) in [6.07, 6.45) is 9.14. The van der Waals surface area contributed by atoms with E-state index in [1.807, 2.05) is 24.3 Å². The number of hydroxylamine groups is 1. The van der Waals surface area contributed by atoms with Crippen molar-refractivity contribution in [3.05, 3.63) is 29.8 Å². The second kappa shape index (κ2) is 8.49. The van der Waals surface area contributed by atoms with E-state index in [0.717, 1.165) is 24.9 Å². The van der Waals surface area contributed by atoms with Crippen molar-refractivity contribution in [3.8, 4) is 0 Å². The number of carbonyl (C=O) groups excluding carboxylic acids is 1. The first-order valence-electron chi connectivity index (χ1n) is 9.14. The van der Waals surface area contributed by atoms with Gasteiger partial charge in [-0.2, -0.15) is 0 Å². The van der Waals surface area contributed by atoms with Gasteiger partial charge < -0.3 is 9.64 Å². The third-order valence-electron chi connectivity index (χ3n) is 5.08. The maximum atomic E-state index is 12.2. The topological polar surface area (TPSA) is 50.8 Å². The van der Waals surface area contributed by atoms with E-state index in [9.17, 15) is 4.79 Å². The highest BCUT2D eigenvalue weighted by Gasteiger charge is 2.19. The van der Waals surface area contributed by atoms with Gasteiger partial charge in [-0.25, -0.2) is 10.3 Å². The molecule has 5 heteroatoms. The number of carbonyl (C=O) groups is 1. The van der Waals surface area contributed by atoms with E-state index in [1.165, 1.54) is 32.1 Å². The molecule has 0 bridgehead atoms. The van der Waals surface area contributed by atoms with Crippen LogP contribution in [0.1, 0.15) is 61.7 Å². The summed E-state index contributed by atoms with van der Waals surface area (Å²) >= 11 is 0. The third-order valence-corrected chi connectivity index (χ3v) is 5.08. The van der Waals surface area contributed by atoms with E-state index in [-0.39, 0.29) is 12.2 Å². The van der Waals surface area contributed by atoms with Gasteiger partial charge in [-0.3, -0.25) is 4.79 Å². The fourth-order valence-corrected chi connectivity index (χ4v) is 3.51. The Morgan fingerprint density at radius 3 is 2.46 bits per heavy atom. The van der Waals surface area contributed by atoms with Crippen LogP contribution in [0.2, 0.25) is 0 Å². The second-order valence-electron chi connectivity index (χ2n) is 6.79. The van der Waals surface area contributed by atoms with Crippen LogP contribution in [-0.2, 0) is 9.57 Å². The van der Waals surface area contributed by atoms with Crippen LogP contribution < -0.4 is 10.4 Å². The minimum atomic E-state index is -0.320. The Hall–Kier alpha value is -1.59. The maximum absolute atomic E-state index is 12.2. The van der Waals surface area contributed by atoms with Crippen LogP contribution in [0.15, 0.2) is 24.3 Å². The quantitative estimate of drug-likeness (QED) is 0.836. The summed E-state index contributed by atoms with van der Waals surface area (Å²) in [5.41, 5.74) is 4.27. The largest absolute Gasteiger partial charge is 0.372 e. The highest BCUT2D eigenvalue weighted by molar-refractivity contribution is 5.93. The Morgan fingerprint density at radius 1 is 1.08 bits per heavy atom. The lowest BCUT2D eigenvalue weighted by Gasteiger charge is -2.33. The Morgan fingerprint density at radius 2 is 1.79 bits per heavy atom. The first kappa shape index (κ1) is 17.2. The number of rotatable bonds is 5. The average molecular weight is 332 g/mol. The van der Waals surface area contributed by atoms with E-state index >= 15 is 0 Å². The first-order valence-corrected chi connectivity index (χ1v) is 9.14. The Bertz CT molecular complexity index is 520. The number of amides is 1. The molecule has 24 heavy (non-hydrogen) atoms.